The minimum atomic E-state index is -3.51. The molecule has 48 heavy (non-hydrogen) atoms. The van der Waals surface area contributed by atoms with Crippen LogP contribution in [0.2, 0.25) is 5.02 Å². The fourth-order valence-corrected chi connectivity index (χ4v) is 6.92. The number of hydrogen-bond acceptors (Lipinski definition) is 9. The van der Waals surface area contributed by atoms with E-state index in [4.69, 9.17) is 25.8 Å². The van der Waals surface area contributed by atoms with Gasteiger partial charge in [-0.2, -0.15) is 0 Å². The number of aryl methyl sites for hydroxylation is 1. The molecule has 0 fully saturated rings. The zero-order valence-corrected chi connectivity index (χ0v) is 30.4. The number of nitrogens with zero attached hydrogens (tertiary/aromatic N) is 1. The van der Waals surface area contributed by atoms with E-state index in [1.165, 1.54) is 23.5 Å². The lowest BCUT2D eigenvalue weighted by molar-refractivity contribution is -0.158. The van der Waals surface area contributed by atoms with E-state index < -0.39 is 27.3 Å². The first-order chi connectivity index (χ1) is 22.6. The molecule has 4 aromatic rings. The Morgan fingerprint density at radius 1 is 0.979 bits per heavy atom. The molecule has 1 N–H and O–H groups in total. The van der Waals surface area contributed by atoms with Gasteiger partial charge in [0.25, 0.3) is 5.91 Å². The molecule has 0 bridgehead atoms. The topological polar surface area (TPSA) is 121 Å². The number of halogens is 1. The van der Waals surface area contributed by atoms with Crippen LogP contribution in [0.1, 0.15) is 74.6 Å². The quantitative estimate of drug-likeness (QED) is 0.130. The summed E-state index contributed by atoms with van der Waals surface area (Å²) in [5.74, 6) is -0.296. The van der Waals surface area contributed by atoms with Gasteiger partial charge in [0.05, 0.1) is 28.6 Å². The summed E-state index contributed by atoms with van der Waals surface area (Å²) in [7, 11) is -3.51. The number of nitrogens with one attached hydrogen (secondary N) is 1. The average Bonchev–Trinajstić information content (AvgIpc) is 3.52. The molecular formula is C36H41ClN2O7S2. The molecule has 0 atom stereocenters. The Morgan fingerprint density at radius 3 is 2.38 bits per heavy atom. The summed E-state index contributed by atoms with van der Waals surface area (Å²) in [6.07, 6.45) is 0.747. The lowest BCUT2D eigenvalue weighted by Gasteiger charge is -2.26. The Labute approximate surface area is 291 Å². The third-order valence-electron chi connectivity index (χ3n) is 7.25. The largest absolute Gasteiger partial charge is 0.486 e. The highest BCUT2D eigenvalue weighted by molar-refractivity contribution is 7.91. The number of hydrogen-bond donors (Lipinski definition) is 1. The van der Waals surface area contributed by atoms with Crippen LogP contribution in [0.4, 0.5) is 5.69 Å². The van der Waals surface area contributed by atoms with Gasteiger partial charge in [-0.15, -0.1) is 11.3 Å². The molecule has 0 aliphatic rings. The normalized spacial score (nSPS) is 12.0. The number of esters is 1. The van der Waals surface area contributed by atoms with E-state index >= 15 is 0 Å². The first-order valence-electron chi connectivity index (χ1n) is 15.5. The number of carbonyl (C=O) groups excluding carboxylic acids is 2. The molecule has 256 valence electrons. The molecule has 1 aromatic heterocycles. The predicted octanol–water partition coefficient (Wildman–Crippen LogP) is 8.05. The van der Waals surface area contributed by atoms with Crippen LogP contribution in [0.25, 0.3) is 0 Å². The van der Waals surface area contributed by atoms with Crippen LogP contribution in [0.5, 0.6) is 11.5 Å². The van der Waals surface area contributed by atoms with Crippen LogP contribution in [0.15, 0.2) is 77.0 Å². The molecule has 0 saturated carbocycles. The monoisotopic (exact) mass is 712 g/mol. The Morgan fingerprint density at radius 2 is 1.71 bits per heavy atom. The minimum Gasteiger partial charge on any atom is -0.486 e. The van der Waals surface area contributed by atoms with Crippen LogP contribution in [-0.2, 0) is 37.8 Å². The van der Waals surface area contributed by atoms with Gasteiger partial charge in [-0.25, -0.2) is 18.2 Å². The van der Waals surface area contributed by atoms with Crippen molar-refractivity contribution in [2.75, 3.05) is 17.7 Å². The number of anilines is 1. The Kier molecular flexibility index (Phi) is 11.9. The molecule has 3 aromatic carbocycles. The summed E-state index contributed by atoms with van der Waals surface area (Å²) in [6, 6.07) is 18.0. The molecule has 0 saturated heterocycles. The summed E-state index contributed by atoms with van der Waals surface area (Å²) in [5.41, 5.74) is 1.02. The van der Waals surface area contributed by atoms with Crippen molar-refractivity contribution in [3.8, 4) is 11.5 Å². The number of ether oxygens (including phenoxy) is 3. The second kappa shape index (κ2) is 15.5. The molecule has 0 unspecified atom stereocenters. The summed E-state index contributed by atoms with van der Waals surface area (Å²) < 4.78 is 42.9. The van der Waals surface area contributed by atoms with Crippen molar-refractivity contribution in [3.05, 3.63) is 99.0 Å². The number of benzene rings is 3. The van der Waals surface area contributed by atoms with Crippen molar-refractivity contribution in [3.63, 3.8) is 0 Å². The first kappa shape index (κ1) is 36.9. The van der Waals surface area contributed by atoms with Gasteiger partial charge >= 0.3 is 5.97 Å². The number of amides is 1. The fourth-order valence-electron chi connectivity index (χ4n) is 4.56. The molecule has 0 aliphatic heterocycles. The van der Waals surface area contributed by atoms with Gasteiger partial charge in [0.2, 0.25) is 0 Å². The molecule has 4 rings (SSSR count). The second-order valence-corrected chi connectivity index (χ2v) is 16.2. The van der Waals surface area contributed by atoms with E-state index in [1.54, 1.807) is 75.4 Å². The molecule has 1 amide bonds. The van der Waals surface area contributed by atoms with Gasteiger partial charge in [-0.1, -0.05) is 44.5 Å². The van der Waals surface area contributed by atoms with E-state index in [1.807, 2.05) is 5.38 Å². The van der Waals surface area contributed by atoms with Crippen molar-refractivity contribution in [1.82, 2.24) is 4.98 Å². The van der Waals surface area contributed by atoms with Crippen molar-refractivity contribution < 1.29 is 32.2 Å². The van der Waals surface area contributed by atoms with E-state index in [0.717, 1.165) is 16.3 Å². The lowest BCUT2D eigenvalue weighted by atomic mass is 9.93. The Hall–Kier alpha value is -3.93. The van der Waals surface area contributed by atoms with Crippen molar-refractivity contribution >= 4 is 50.3 Å². The average molecular weight is 713 g/mol. The van der Waals surface area contributed by atoms with Crippen molar-refractivity contribution in [2.24, 2.45) is 0 Å². The molecule has 1 heterocycles. The van der Waals surface area contributed by atoms with Gasteiger partial charge in [0, 0.05) is 21.4 Å². The van der Waals surface area contributed by atoms with Gasteiger partial charge in [0.1, 0.15) is 23.1 Å². The zero-order valence-electron chi connectivity index (χ0n) is 28.0. The van der Waals surface area contributed by atoms with Crippen LogP contribution in [0.3, 0.4) is 0 Å². The Bertz CT molecular complexity index is 1850. The van der Waals surface area contributed by atoms with Crippen LogP contribution in [0, 0.1) is 0 Å². The fraction of sp³-hybridized carbons (Fsp3) is 0.361. The summed E-state index contributed by atoms with van der Waals surface area (Å²) in [5, 5.41) is 6.22. The lowest BCUT2D eigenvalue weighted by Crippen LogP contribution is -2.40. The molecule has 12 heteroatoms. The zero-order chi connectivity index (χ0) is 35.1. The van der Waals surface area contributed by atoms with Crippen LogP contribution >= 0.6 is 22.9 Å². The maximum Gasteiger partial charge on any atom is 0.349 e. The summed E-state index contributed by atoms with van der Waals surface area (Å²) >= 11 is 7.44. The number of thiazole rings is 1. The van der Waals surface area contributed by atoms with E-state index in [0.29, 0.717) is 34.9 Å². The third kappa shape index (κ3) is 10.0. The second-order valence-electron chi connectivity index (χ2n) is 12.7. The molecular weight excluding hydrogens is 672 g/mol. The van der Waals surface area contributed by atoms with Crippen LogP contribution < -0.4 is 14.8 Å². The molecule has 0 aliphatic carbocycles. The summed E-state index contributed by atoms with van der Waals surface area (Å²) in [4.78, 5) is 31.0. The van der Waals surface area contributed by atoms with E-state index in [2.05, 4.69) is 31.1 Å². The van der Waals surface area contributed by atoms with Crippen LogP contribution in [-0.4, -0.2) is 43.2 Å². The number of rotatable bonds is 14. The van der Waals surface area contributed by atoms with E-state index in [9.17, 15) is 18.0 Å². The predicted molar refractivity (Wildman–Crippen MR) is 189 cm³/mol. The smallest absolute Gasteiger partial charge is 0.349 e. The van der Waals surface area contributed by atoms with Crippen molar-refractivity contribution in [2.45, 2.75) is 76.9 Å². The highest BCUT2D eigenvalue weighted by atomic mass is 35.5. The maximum atomic E-state index is 13.5. The molecule has 0 spiro atoms. The number of sulfone groups is 1. The standard InChI is InChI=1S/C36H41ClN2O7S2/c1-7-44-34(41)36(5,6)46-30-18-13-24(10-9-19-48(42,43)28-16-14-26(37)15-17-28)20-29(30)38-33(40)25-11-8-12-27(21-25)45-22-32-39-31(23-47-32)35(2,3)4/h8,11-18,20-21,23H,7,9-10,19,22H2,1-6H3,(H,38,40). The molecule has 9 nitrogen and oxygen atoms in total. The van der Waals surface area contributed by atoms with Gasteiger partial charge in [0.15, 0.2) is 15.4 Å². The maximum absolute atomic E-state index is 13.5. The third-order valence-corrected chi connectivity index (χ3v) is 10.1. The van der Waals surface area contributed by atoms with Gasteiger partial charge < -0.3 is 19.5 Å². The highest BCUT2D eigenvalue weighted by Gasteiger charge is 2.32. The summed E-state index contributed by atoms with van der Waals surface area (Å²) in [6.45, 7) is 11.6. The van der Waals surface area contributed by atoms with Gasteiger partial charge in [-0.05, 0) is 93.8 Å². The SMILES string of the molecule is CCOC(=O)C(C)(C)Oc1ccc(CCCS(=O)(=O)c2ccc(Cl)cc2)cc1NC(=O)c1cccc(OCc2nc(C(C)(C)C)cs2)c1. The molecule has 0 radical (unpaired) electrons. The first-order valence-corrected chi connectivity index (χ1v) is 18.4. The highest BCUT2D eigenvalue weighted by Crippen LogP contribution is 2.32. The number of carbonyl (C=O) groups is 2. The van der Waals surface area contributed by atoms with Gasteiger partial charge in [-0.3, -0.25) is 4.79 Å². The van der Waals surface area contributed by atoms with E-state index in [-0.39, 0.29) is 35.0 Å². The minimum absolute atomic E-state index is 0.0622. The number of aromatic nitrogens is 1. The Balaban J connectivity index is 1.51. The van der Waals surface area contributed by atoms with Crippen molar-refractivity contribution in [1.29, 1.82) is 0 Å².